The summed E-state index contributed by atoms with van der Waals surface area (Å²) in [6.07, 6.45) is 6.66. The Kier molecular flexibility index (Phi) is 5.65. The van der Waals surface area contributed by atoms with Crippen LogP contribution in [0.4, 0.5) is 0 Å². The Bertz CT molecular complexity index is 393. The lowest BCUT2D eigenvalue weighted by Crippen LogP contribution is -2.31. The Morgan fingerprint density at radius 3 is 2.35 bits per heavy atom. The van der Waals surface area contributed by atoms with E-state index in [1.165, 1.54) is 43.2 Å². The number of hydrogen-bond donors (Lipinski definition) is 1. The summed E-state index contributed by atoms with van der Waals surface area (Å²) in [5.41, 5.74) is 8.94. The van der Waals surface area contributed by atoms with Crippen molar-refractivity contribution < 1.29 is 0 Å². The normalized spacial score (nSPS) is 26.9. The van der Waals surface area contributed by atoms with Crippen molar-refractivity contribution in [3.8, 4) is 0 Å². The second-order valence-corrected chi connectivity index (χ2v) is 6.94. The van der Waals surface area contributed by atoms with Crippen LogP contribution in [0.2, 0.25) is 0 Å². The van der Waals surface area contributed by atoms with E-state index in [9.17, 15) is 0 Å². The van der Waals surface area contributed by atoms with Crippen LogP contribution in [-0.2, 0) is 6.42 Å². The molecule has 0 aliphatic heterocycles. The summed E-state index contributed by atoms with van der Waals surface area (Å²) < 4.78 is 0. The lowest BCUT2D eigenvalue weighted by molar-refractivity contribution is 0.180. The molecular weight excluding hydrogens is 242 g/mol. The first-order valence-electron chi connectivity index (χ1n) is 8.42. The fourth-order valence-electron chi connectivity index (χ4n) is 3.70. The average molecular weight is 273 g/mol. The van der Waals surface area contributed by atoms with Crippen LogP contribution < -0.4 is 5.73 Å². The first-order valence-corrected chi connectivity index (χ1v) is 8.42. The summed E-state index contributed by atoms with van der Waals surface area (Å²) in [6, 6.07) is 9.27. The molecule has 1 aliphatic carbocycles. The molecule has 1 aliphatic rings. The maximum Gasteiger partial charge on any atom is -0.00461 e. The molecule has 0 spiro atoms. The molecule has 1 fully saturated rings. The van der Waals surface area contributed by atoms with Crippen molar-refractivity contribution in [2.45, 2.75) is 58.8 Å². The SMILES string of the molecule is CCC1CCC(CN)C(Cc2ccc(C(C)C)cc2)C1. The number of benzene rings is 1. The van der Waals surface area contributed by atoms with E-state index in [4.69, 9.17) is 5.73 Å². The number of hydrogen-bond acceptors (Lipinski definition) is 1. The van der Waals surface area contributed by atoms with Gasteiger partial charge in [0.05, 0.1) is 0 Å². The largest absolute Gasteiger partial charge is 0.330 e. The van der Waals surface area contributed by atoms with Crippen LogP contribution in [0.3, 0.4) is 0 Å². The zero-order chi connectivity index (χ0) is 14.5. The second kappa shape index (κ2) is 7.26. The Balaban J connectivity index is 2.02. The predicted molar refractivity (Wildman–Crippen MR) is 87.9 cm³/mol. The van der Waals surface area contributed by atoms with E-state index >= 15 is 0 Å². The highest BCUT2D eigenvalue weighted by Gasteiger charge is 2.28. The van der Waals surface area contributed by atoms with Gasteiger partial charge in [0.15, 0.2) is 0 Å². The second-order valence-electron chi connectivity index (χ2n) is 6.94. The molecule has 0 heterocycles. The van der Waals surface area contributed by atoms with Gasteiger partial charge in [-0.05, 0) is 60.6 Å². The third-order valence-electron chi connectivity index (χ3n) is 5.27. The monoisotopic (exact) mass is 273 g/mol. The highest BCUT2D eigenvalue weighted by molar-refractivity contribution is 5.25. The maximum absolute atomic E-state index is 6.00. The lowest BCUT2D eigenvalue weighted by Gasteiger charge is -2.35. The third-order valence-corrected chi connectivity index (χ3v) is 5.27. The van der Waals surface area contributed by atoms with Gasteiger partial charge in [-0.1, -0.05) is 57.9 Å². The van der Waals surface area contributed by atoms with Crippen LogP contribution in [0.15, 0.2) is 24.3 Å². The maximum atomic E-state index is 6.00. The quantitative estimate of drug-likeness (QED) is 0.823. The molecule has 1 saturated carbocycles. The summed E-state index contributed by atoms with van der Waals surface area (Å²) >= 11 is 0. The van der Waals surface area contributed by atoms with Crippen molar-refractivity contribution >= 4 is 0 Å². The molecule has 0 bridgehead atoms. The van der Waals surface area contributed by atoms with E-state index < -0.39 is 0 Å². The van der Waals surface area contributed by atoms with Gasteiger partial charge >= 0.3 is 0 Å². The van der Waals surface area contributed by atoms with Crippen molar-refractivity contribution in [3.05, 3.63) is 35.4 Å². The van der Waals surface area contributed by atoms with E-state index in [2.05, 4.69) is 45.0 Å². The minimum Gasteiger partial charge on any atom is -0.330 e. The topological polar surface area (TPSA) is 26.0 Å². The van der Waals surface area contributed by atoms with Crippen LogP contribution in [0.1, 0.15) is 63.5 Å². The minimum absolute atomic E-state index is 0.625. The first-order chi connectivity index (χ1) is 9.63. The summed E-state index contributed by atoms with van der Waals surface area (Å²) in [5.74, 6) is 3.09. The Morgan fingerprint density at radius 1 is 1.10 bits per heavy atom. The smallest absolute Gasteiger partial charge is 0.00461 e. The van der Waals surface area contributed by atoms with E-state index in [1.54, 1.807) is 0 Å². The summed E-state index contributed by atoms with van der Waals surface area (Å²) in [6.45, 7) is 7.71. The van der Waals surface area contributed by atoms with Gasteiger partial charge in [-0.25, -0.2) is 0 Å². The molecule has 0 radical (unpaired) electrons. The van der Waals surface area contributed by atoms with Gasteiger partial charge in [0, 0.05) is 0 Å². The molecule has 1 aromatic rings. The van der Waals surface area contributed by atoms with Gasteiger partial charge in [0.1, 0.15) is 0 Å². The molecular formula is C19H31N. The van der Waals surface area contributed by atoms with Crippen molar-refractivity contribution in [1.29, 1.82) is 0 Å². The van der Waals surface area contributed by atoms with Crippen molar-refractivity contribution in [1.82, 2.24) is 0 Å². The standard InChI is InChI=1S/C19H31N/c1-4-15-5-10-18(13-20)19(11-15)12-16-6-8-17(9-7-16)14(2)3/h6-9,14-15,18-19H,4-5,10-13,20H2,1-3H3. The third kappa shape index (κ3) is 3.85. The minimum atomic E-state index is 0.625. The number of rotatable bonds is 5. The summed E-state index contributed by atoms with van der Waals surface area (Å²) in [4.78, 5) is 0. The molecule has 20 heavy (non-hydrogen) atoms. The van der Waals surface area contributed by atoms with Crippen LogP contribution in [0.25, 0.3) is 0 Å². The van der Waals surface area contributed by atoms with Gasteiger partial charge in [-0.2, -0.15) is 0 Å². The Hall–Kier alpha value is -0.820. The van der Waals surface area contributed by atoms with Crippen LogP contribution >= 0.6 is 0 Å². The van der Waals surface area contributed by atoms with Crippen LogP contribution in [0, 0.1) is 17.8 Å². The molecule has 3 unspecified atom stereocenters. The highest BCUT2D eigenvalue weighted by atomic mass is 14.6. The number of nitrogens with two attached hydrogens (primary N) is 1. The molecule has 1 heteroatoms. The van der Waals surface area contributed by atoms with E-state index in [1.807, 2.05) is 0 Å². The summed E-state index contributed by atoms with van der Waals surface area (Å²) in [7, 11) is 0. The average Bonchev–Trinajstić information content (AvgIpc) is 2.47. The Labute approximate surface area is 125 Å². The van der Waals surface area contributed by atoms with E-state index in [-0.39, 0.29) is 0 Å². The van der Waals surface area contributed by atoms with Crippen molar-refractivity contribution in [2.24, 2.45) is 23.5 Å². The predicted octanol–water partition coefficient (Wildman–Crippen LogP) is 4.75. The molecule has 0 amide bonds. The molecule has 3 atom stereocenters. The highest BCUT2D eigenvalue weighted by Crippen LogP contribution is 2.37. The van der Waals surface area contributed by atoms with Crippen molar-refractivity contribution in [3.63, 3.8) is 0 Å². The summed E-state index contributed by atoms with van der Waals surface area (Å²) in [5, 5.41) is 0. The van der Waals surface area contributed by atoms with Crippen molar-refractivity contribution in [2.75, 3.05) is 6.54 Å². The zero-order valence-electron chi connectivity index (χ0n) is 13.4. The van der Waals surface area contributed by atoms with Gasteiger partial charge in [-0.3, -0.25) is 0 Å². The van der Waals surface area contributed by atoms with Gasteiger partial charge < -0.3 is 5.73 Å². The molecule has 0 aromatic heterocycles. The van der Waals surface area contributed by atoms with Gasteiger partial charge in [0.25, 0.3) is 0 Å². The van der Waals surface area contributed by atoms with Crippen LogP contribution in [0.5, 0.6) is 0 Å². The van der Waals surface area contributed by atoms with E-state index in [0.717, 1.165) is 24.3 Å². The van der Waals surface area contributed by atoms with Crippen LogP contribution in [-0.4, -0.2) is 6.54 Å². The lowest BCUT2D eigenvalue weighted by atomic mass is 9.71. The van der Waals surface area contributed by atoms with Gasteiger partial charge in [-0.15, -0.1) is 0 Å². The first kappa shape index (κ1) is 15.6. The van der Waals surface area contributed by atoms with Gasteiger partial charge in [0.2, 0.25) is 0 Å². The fraction of sp³-hybridized carbons (Fsp3) is 0.684. The Morgan fingerprint density at radius 2 is 1.80 bits per heavy atom. The molecule has 112 valence electrons. The molecule has 1 aromatic carbocycles. The van der Waals surface area contributed by atoms with E-state index in [0.29, 0.717) is 5.92 Å². The fourth-order valence-corrected chi connectivity index (χ4v) is 3.70. The molecule has 2 rings (SSSR count). The molecule has 2 N–H and O–H groups in total. The zero-order valence-corrected chi connectivity index (χ0v) is 13.4. The molecule has 0 saturated heterocycles. The molecule has 1 nitrogen and oxygen atoms in total.